The minimum atomic E-state index is 0.0893. The number of benzene rings is 1. The van der Waals surface area contributed by atoms with Crippen LogP contribution >= 0.6 is 0 Å². The molecule has 6 nitrogen and oxygen atoms in total. The van der Waals surface area contributed by atoms with Gasteiger partial charge in [-0.15, -0.1) is 0 Å². The van der Waals surface area contributed by atoms with E-state index >= 15 is 0 Å². The van der Waals surface area contributed by atoms with Crippen LogP contribution in [0.4, 0.5) is 0 Å². The maximum atomic E-state index is 13.1. The van der Waals surface area contributed by atoms with Crippen LogP contribution in [0.15, 0.2) is 18.3 Å². The van der Waals surface area contributed by atoms with Gasteiger partial charge >= 0.3 is 0 Å². The first-order valence-corrected chi connectivity index (χ1v) is 10.0. The number of ether oxygens (including phenoxy) is 1. The number of aromatic hydroxyl groups is 1. The van der Waals surface area contributed by atoms with Gasteiger partial charge in [-0.2, -0.15) is 0 Å². The van der Waals surface area contributed by atoms with Crippen LogP contribution in [-0.2, 0) is 11.3 Å². The molecule has 2 aliphatic carbocycles. The summed E-state index contributed by atoms with van der Waals surface area (Å²) < 4.78 is 5.82. The number of aromatic nitrogens is 2. The molecule has 2 aromatic rings. The Morgan fingerprint density at radius 2 is 2.14 bits per heavy atom. The van der Waals surface area contributed by atoms with Crippen molar-refractivity contribution in [3.8, 4) is 22.8 Å². The first-order valence-electron chi connectivity index (χ1n) is 10.0. The van der Waals surface area contributed by atoms with Crippen molar-refractivity contribution in [3.05, 3.63) is 35.3 Å². The number of hydrogen-bond donors (Lipinski definition) is 1. The Balaban J connectivity index is 1.47. The van der Waals surface area contributed by atoms with Crippen molar-refractivity contribution in [2.45, 2.75) is 46.1 Å². The molecule has 6 heteroatoms. The van der Waals surface area contributed by atoms with Gasteiger partial charge in [-0.1, -0.05) is 6.42 Å². The van der Waals surface area contributed by atoms with Crippen molar-refractivity contribution in [2.24, 2.45) is 11.3 Å². The smallest absolute Gasteiger partial charge is 0.226 e. The number of phenols is 1. The monoisotopic (exact) mass is 379 g/mol. The number of phenolic OH excluding ortho intramolecular Hbond substituents is 1. The fourth-order valence-electron chi connectivity index (χ4n) is 4.74. The van der Waals surface area contributed by atoms with Crippen molar-refractivity contribution in [2.75, 3.05) is 13.2 Å². The Morgan fingerprint density at radius 1 is 1.32 bits per heavy atom. The van der Waals surface area contributed by atoms with Crippen LogP contribution < -0.4 is 4.74 Å². The topological polar surface area (TPSA) is 75.6 Å². The third-order valence-corrected chi connectivity index (χ3v) is 6.61. The Hall–Kier alpha value is -2.63. The van der Waals surface area contributed by atoms with E-state index in [9.17, 15) is 9.90 Å². The summed E-state index contributed by atoms with van der Waals surface area (Å²) >= 11 is 0. The van der Waals surface area contributed by atoms with Crippen LogP contribution in [0.25, 0.3) is 11.3 Å². The first kappa shape index (κ1) is 17.5. The molecule has 1 spiro atoms. The maximum Gasteiger partial charge on any atom is 0.226 e. The van der Waals surface area contributed by atoms with Gasteiger partial charge in [0.15, 0.2) is 11.5 Å². The Morgan fingerprint density at radius 3 is 2.86 bits per heavy atom. The lowest BCUT2D eigenvalue weighted by atomic mass is 9.79. The number of aryl methyl sites for hydroxylation is 2. The van der Waals surface area contributed by atoms with Crippen LogP contribution in [-0.4, -0.2) is 39.0 Å². The zero-order chi connectivity index (χ0) is 19.5. The molecule has 1 aliphatic heterocycles. The molecular weight excluding hydrogens is 354 g/mol. The Kier molecular flexibility index (Phi) is 3.86. The molecule has 0 radical (unpaired) electrons. The molecule has 2 saturated carbocycles. The summed E-state index contributed by atoms with van der Waals surface area (Å²) in [5.41, 5.74) is 4.30. The number of amides is 1. The van der Waals surface area contributed by atoms with E-state index in [0.717, 1.165) is 34.6 Å². The lowest BCUT2D eigenvalue weighted by Gasteiger charge is -2.28. The van der Waals surface area contributed by atoms with E-state index in [2.05, 4.69) is 9.97 Å². The molecule has 5 rings (SSSR count). The second-order valence-electron chi connectivity index (χ2n) is 8.51. The number of rotatable bonds is 2. The van der Waals surface area contributed by atoms with Crippen LogP contribution in [0, 0.1) is 25.2 Å². The fourth-order valence-corrected chi connectivity index (χ4v) is 4.74. The van der Waals surface area contributed by atoms with E-state index in [1.165, 1.54) is 19.3 Å². The van der Waals surface area contributed by atoms with E-state index in [0.29, 0.717) is 30.9 Å². The van der Waals surface area contributed by atoms with Gasteiger partial charge in [-0.3, -0.25) is 9.78 Å². The lowest BCUT2D eigenvalue weighted by molar-refractivity contribution is -0.134. The first-order chi connectivity index (χ1) is 13.5. The highest BCUT2D eigenvalue weighted by molar-refractivity contribution is 5.83. The second kappa shape index (κ2) is 6.19. The zero-order valence-corrected chi connectivity index (χ0v) is 16.4. The molecule has 1 amide bonds. The van der Waals surface area contributed by atoms with E-state index in [-0.39, 0.29) is 17.6 Å². The average Bonchev–Trinajstić information content (AvgIpc) is 3.42. The highest BCUT2D eigenvalue weighted by Crippen LogP contribution is 2.66. The minimum Gasteiger partial charge on any atom is -0.504 e. The summed E-state index contributed by atoms with van der Waals surface area (Å²) in [7, 11) is 0. The van der Waals surface area contributed by atoms with Crippen LogP contribution in [0.2, 0.25) is 0 Å². The number of hydrogen-bond acceptors (Lipinski definition) is 5. The van der Waals surface area contributed by atoms with Crippen LogP contribution in [0.1, 0.15) is 42.6 Å². The highest BCUT2D eigenvalue weighted by atomic mass is 16.5. The fraction of sp³-hybridized carbons (Fsp3) is 0.500. The summed E-state index contributed by atoms with van der Waals surface area (Å²) in [6, 6.07) is 3.65. The molecular formula is C22H25N3O3. The molecule has 1 atom stereocenters. The van der Waals surface area contributed by atoms with Crippen molar-refractivity contribution in [1.82, 2.24) is 14.9 Å². The van der Waals surface area contributed by atoms with Gasteiger partial charge in [0.25, 0.3) is 0 Å². The molecule has 2 fully saturated rings. The molecule has 146 valence electrons. The largest absolute Gasteiger partial charge is 0.504 e. The van der Waals surface area contributed by atoms with Gasteiger partial charge in [0.05, 0.1) is 23.6 Å². The average molecular weight is 379 g/mol. The second-order valence-corrected chi connectivity index (χ2v) is 8.51. The molecule has 28 heavy (non-hydrogen) atoms. The minimum absolute atomic E-state index is 0.0893. The van der Waals surface area contributed by atoms with Crippen LogP contribution in [0.3, 0.4) is 0 Å². The van der Waals surface area contributed by atoms with Gasteiger partial charge in [-0.25, -0.2) is 4.98 Å². The standard InChI is InChI=1S/C22H25N3O3/c1-13-11-23-14(2)19(24-13)15-8-16-12-25(6-7-28-20(16)18(26)9-15)21(27)17-10-22(17)4-3-5-22/h8-9,11,17,26H,3-7,10,12H2,1-2H3/t17-/m0/s1. The Labute approximate surface area is 164 Å². The maximum absolute atomic E-state index is 13.1. The predicted octanol–water partition coefficient (Wildman–Crippen LogP) is 3.38. The highest BCUT2D eigenvalue weighted by Gasteiger charge is 2.61. The molecule has 2 heterocycles. The molecule has 1 aromatic carbocycles. The van der Waals surface area contributed by atoms with Gasteiger partial charge in [-0.05, 0) is 50.7 Å². The quantitative estimate of drug-likeness (QED) is 0.866. The van der Waals surface area contributed by atoms with Crippen molar-refractivity contribution < 1.29 is 14.6 Å². The van der Waals surface area contributed by atoms with E-state index in [1.54, 1.807) is 12.3 Å². The summed E-state index contributed by atoms with van der Waals surface area (Å²) in [5.74, 6) is 0.995. The predicted molar refractivity (Wildman–Crippen MR) is 104 cm³/mol. The number of carbonyl (C=O) groups is 1. The number of carbonyl (C=O) groups excluding carboxylic acids is 1. The van der Waals surface area contributed by atoms with Crippen molar-refractivity contribution >= 4 is 5.91 Å². The molecule has 0 saturated heterocycles. The van der Waals surface area contributed by atoms with E-state index < -0.39 is 0 Å². The van der Waals surface area contributed by atoms with Crippen molar-refractivity contribution in [1.29, 1.82) is 0 Å². The number of fused-ring (bicyclic) bond motifs is 1. The molecule has 3 aliphatic rings. The van der Waals surface area contributed by atoms with Gasteiger partial charge in [0, 0.05) is 29.8 Å². The van der Waals surface area contributed by atoms with E-state index in [1.807, 2.05) is 24.8 Å². The van der Waals surface area contributed by atoms with Gasteiger partial charge in [0.2, 0.25) is 5.91 Å². The van der Waals surface area contributed by atoms with E-state index in [4.69, 9.17) is 4.74 Å². The van der Waals surface area contributed by atoms with Gasteiger partial charge < -0.3 is 14.7 Å². The molecule has 1 aromatic heterocycles. The van der Waals surface area contributed by atoms with Gasteiger partial charge in [0.1, 0.15) is 6.61 Å². The van der Waals surface area contributed by atoms with Crippen LogP contribution in [0.5, 0.6) is 11.5 Å². The number of nitrogens with zero attached hydrogens (tertiary/aromatic N) is 3. The summed E-state index contributed by atoms with van der Waals surface area (Å²) in [6.45, 7) is 5.21. The third kappa shape index (κ3) is 2.74. The third-order valence-electron chi connectivity index (χ3n) is 6.61. The SMILES string of the molecule is Cc1cnc(C)c(-c2cc(O)c3c(c2)CN(C(=O)[C@@H]2CC24CCC4)CCO3)n1. The molecule has 0 bridgehead atoms. The normalized spacial score (nSPS) is 22.1. The summed E-state index contributed by atoms with van der Waals surface area (Å²) in [5, 5.41) is 10.6. The summed E-state index contributed by atoms with van der Waals surface area (Å²) in [4.78, 5) is 23.9. The summed E-state index contributed by atoms with van der Waals surface area (Å²) in [6.07, 6.45) is 6.42. The molecule has 1 N–H and O–H groups in total. The Bertz CT molecular complexity index is 968. The lowest BCUT2D eigenvalue weighted by Crippen LogP contribution is -2.35. The molecule has 0 unspecified atom stereocenters. The van der Waals surface area contributed by atoms with Crippen molar-refractivity contribution in [3.63, 3.8) is 0 Å². The zero-order valence-electron chi connectivity index (χ0n) is 16.4.